The molecule has 0 bridgehead atoms. The number of rotatable bonds is 4. The van der Waals surface area contributed by atoms with Gasteiger partial charge in [-0.3, -0.25) is 9.48 Å². The van der Waals surface area contributed by atoms with Gasteiger partial charge in [0, 0.05) is 24.8 Å². The second-order valence-corrected chi connectivity index (χ2v) is 3.87. The minimum atomic E-state index is -0.515. The summed E-state index contributed by atoms with van der Waals surface area (Å²) in [4.78, 5) is 11.7. The number of hydrogen-bond donors (Lipinski definition) is 1. The van der Waals surface area contributed by atoms with Crippen LogP contribution in [0.3, 0.4) is 0 Å². The lowest BCUT2D eigenvalue weighted by molar-refractivity contribution is 0.0947. The van der Waals surface area contributed by atoms with Crippen LogP contribution < -0.4 is 5.32 Å². The number of halogens is 1. The van der Waals surface area contributed by atoms with Crippen LogP contribution in [-0.2, 0) is 13.1 Å². The highest BCUT2D eigenvalue weighted by Gasteiger charge is 2.10. The lowest BCUT2D eigenvalue weighted by atomic mass is 10.2. The molecule has 0 spiro atoms. The van der Waals surface area contributed by atoms with Gasteiger partial charge in [0.15, 0.2) is 0 Å². The van der Waals surface area contributed by atoms with Gasteiger partial charge in [0.05, 0.1) is 11.8 Å². The zero-order valence-corrected chi connectivity index (χ0v) is 10.1. The monoisotopic (exact) mass is 247 g/mol. The molecule has 0 unspecified atom stereocenters. The molecular formula is C13H14FN3O. The Balaban J connectivity index is 1.98. The molecule has 4 nitrogen and oxygen atoms in total. The van der Waals surface area contributed by atoms with E-state index in [1.807, 2.05) is 13.1 Å². The van der Waals surface area contributed by atoms with Crippen LogP contribution in [0.15, 0.2) is 36.7 Å². The highest BCUT2D eigenvalue weighted by atomic mass is 19.1. The first-order valence-electron chi connectivity index (χ1n) is 5.74. The Labute approximate surface area is 104 Å². The third-order valence-corrected chi connectivity index (χ3v) is 2.58. The summed E-state index contributed by atoms with van der Waals surface area (Å²) in [5, 5.41) is 6.76. The van der Waals surface area contributed by atoms with Gasteiger partial charge < -0.3 is 5.32 Å². The van der Waals surface area contributed by atoms with Crippen LogP contribution in [0.2, 0.25) is 0 Å². The van der Waals surface area contributed by atoms with Crippen molar-refractivity contribution in [3.63, 3.8) is 0 Å². The standard InChI is InChI=1S/C13H14FN3O/c1-2-17-9-10(8-16-17)7-15-13(18)11-5-3-4-6-12(11)14/h3-6,8-9H,2,7H2,1H3,(H,15,18). The molecule has 1 aromatic heterocycles. The van der Waals surface area contributed by atoms with Crippen LogP contribution in [0.25, 0.3) is 0 Å². The van der Waals surface area contributed by atoms with Crippen molar-refractivity contribution in [2.75, 3.05) is 0 Å². The first-order chi connectivity index (χ1) is 8.70. The topological polar surface area (TPSA) is 46.9 Å². The maximum absolute atomic E-state index is 13.3. The average molecular weight is 247 g/mol. The van der Waals surface area contributed by atoms with E-state index in [4.69, 9.17) is 0 Å². The molecule has 0 saturated heterocycles. The number of nitrogens with zero attached hydrogens (tertiary/aromatic N) is 2. The zero-order valence-electron chi connectivity index (χ0n) is 10.1. The molecule has 0 fully saturated rings. The van der Waals surface area contributed by atoms with Crippen molar-refractivity contribution in [3.8, 4) is 0 Å². The molecule has 0 aliphatic rings. The van der Waals surface area contributed by atoms with Gasteiger partial charge in [0.25, 0.3) is 5.91 Å². The summed E-state index contributed by atoms with van der Waals surface area (Å²) in [5.41, 5.74) is 0.946. The Morgan fingerprint density at radius 2 is 2.22 bits per heavy atom. The van der Waals surface area contributed by atoms with E-state index in [1.165, 1.54) is 12.1 Å². The number of benzene rings is 1. The fraction of sp³-hybridized carbons (Fsp3) is 0.231. The van der Waals surface area contributed by atoms with Gasteiger partial charge >= 0.3 is 0 Å². The molecule has 1 heterocycles. The summed E-state index contributed by atoms with van der Waals surface area (Å²) in [5.74, 6) is -0.934. The SMILES string of the molecule is CCn1cc(CNC(=O)c2ccccc2F)cn1. The smallest absolute Gasteiger partial charge is 0.254 e. The summed E-state index contributed by atoms with van der Waals surface area (Å²) >= 11 is 0. The number of carbonyl (C=O) groups excluding carboxylic acids is 1. The summed E-state index contributed by atoms with van der Waals surface area (Å²) in [6, 6.07) is 5.91. The van der Waals surface area contributed by atoms with E-state index in [1.54, 1.807) is 23.0 Å². The van der Waals surface area contributed by atoms with Crippen molar-refractivity contribution >= 4 is 5.91 Å². The zero-order chi connectivity index (χ0) is 13.0. The second kappa shape index (κ2) is 5.44. The lowest BCUT2D eigenvalue weighted by Gasteiger charge is -2.04. The number of nitrogens with one attached hydrogen (secondary N) is 1. The maximum atomic E-state index is 13.3. The van der Waals surface area contributed by atoms with Gasteiger partial charge in [-0.25, -0.2) is 4.39 Å². The van der Waals surface area contributed by atoms with Crippen LogP contribution in [0.4, 0.5) is 4.39 Å². The van der Waals surface area contributed by atoms with Crippen LogP contribution in [0, 0.1) is 5.82 Å². The van der Waals surface area contributed by atoms with Crippen molar-refractivity contribution in [2.24, 2.45) is 0 Å². The highest BCUT2D eigenvalue weighted by Crippen LogP contribution is 2.06. The molecule has 0 saturated carbocycles. The third kappa shape index (κ3) is 2.74. The van der Waals surface area contributed by atoms with Gasteiger partial charge in [0.1, 0.15) is 5.82 Å². The molecule has 0 atom stereocenters. The number of aryl methyl sites for hydroxylation is 1. The van der Waals surface area contributed by atoms with Crippen molar-refractivity contribution in [3.05, 3.63) is 53.6 Å². The summed E-state index contributed by atoms with van der Waals surface area (Å²) in [7, 11) is 0. The van der Waals surface area contributed by atoms with Crippen molar-refractivity contribution in [2.45, 2.75) is 20.0 Å². The third-order valence-electron chi connectivity index (χ3n) is 2.58. The minimum absolute atomic E-state index is 0.0559. The quantitative estimate of drug-likeness (QED) is 0.897. The fourth-order valence-corrected chi connectivity index (χ4v) is 1.59. The van der Waals surface area contributed by atoms with Crippen LogP contribution in [-0.4, -0.2) is 15.7 Å². The number of hydrogen-bond acceptors (Lipinski definition) is 2. The molecule has 0 aliphatic carbocycles. The molecule has 94 valence electrons. The predicted molar refractivity (Wildman–Crippen MR) is 65.5 cm³/mol. The van der Waals surface area contributed by atoms with Crippen molar-refractivity contribution in [1.29, 1.82) is 0 Å². The van der Waals surface area contributed by atoms with Gasteiger partial charge in [-0.2, -0.15) is 5.10 Å². The molecule has 18 heavy (non-hydrogen) atoms. The molecule has 1 amide bonds. The van der Waals surface area contributed by atoms with E-state index in [0.29, 0.717) is 6.54 Å². The van der Waals surface area contributed by atoms with Crippen LogP contribution in [0.5, 0.6) is 0 Å². The van der Waals surface area contributed by atoms with E-state index < -0.39 is 11.7 Å². The average Bonchev–Trinajstić information content (AvgIpc) is 2.84. The predicted octanol–water partition coefficient (Wildman–Crippen LogP) is 1.97. The van der Waals surface area contributed by atoms with E-state index in [9.17, 15) is 9.18 Å². The van der Waals surface area contributed by atoms with Gasteiger partial charge in [-0.05, 0) is 19.1 Å². The minimum Gasteiger partial charge on any atom is -0.348 e. The van der Waals surface area contributed by atoms with E-state index in [2.05, 4.69) is 10.4 Å². The van der Waals surface area contributed by atoms with Gasteiger partial charge in [-0.1, -0.05) is 12.1 Å². The summed E-state index contributed by atoms with van der Waals surface area (Å²) in [6.45, 7) is 3.10. The highest BCUT2D eigenvalue weighted by molar-refractivity contribution is 5.94. The van der Waals surface area contributed by atoms with E-state index in [0.717, 1.165) is 12.1 Å². The summed E-state index contributed by atoms with van der Waals surface area (Å²) in [6.07, 6.45) is 3.53. The molecule has 2 aromatic rings. The molecule has 2 rings (SSSR count). The first kappa shape index (κ1) is 12.3. The Morgan fingerprint density at radius 1 is 1.44 bits per heavy atom. The molecule has 5 heteroatoms. The first-order valence-corrected chi connectivity index (χ1v) is 5.74. The van der Waals surface area contributed by atoms with Crippen molar-refractivity contribution in [1.82, 2.24) is 15.1 Å². The maximum Gasteiger partial charge on any atom is 0.254 e. The Bertz CT molecular complexity index is 551. The normalized spacial score (nSPS) is 10.3. The largest absolute Gasteiger partial charge is 0.348 e. The Morgan fingerprint density at radius 3 is 2.89 bits per heavy atom. The Kier molecular flexibility index (Phi) is 3.72. The van der Waals surface area contributed by atoms with E-state index >= 15 is 0 Å². The Hall–Kier alpha value is -2.17. The number of carbonyl (C=O) groups is 1. The number of aromatic nitrogens is 2. The van der Waals surface area contributed by atoms with Gasteiger partial charge in [-0.15, -0.1) is 0 Å². The molecule has 1 aromatic carbocycles. The molecular weight excluding hydrogens is 233 g/mol. The molecule has 0 aliphatic heterocycles. The number of amides is 1. The van der Waals surface area contributed by atoms with E-state index in [-0.39, 0.29) is 5.56 Å². The lowest BCUT2D eigenvalue weighted by Crippen LogP contribution is -2.23. The summed E-state index contributed by atoms with van der Waals surface area (Å²) < 4.78 is 15.1. The van der Waals surface area contributed by atoms with Gasteiger partial charge in [0.2, 0.25) is 0 Å². The van der Waals surface area contributed by atoms with Crippen LogP contribution >= 0.6 is 0 Å². The molecule has 0 radical (unpaired) electrons. The van der Waals surface area contributed by atoms with Crippen molar-refractivity contribution < 1.29 is 9.18 Å². The fourth-order valence-electron chi connectivity index (χ4n) is 1.59. The molecule has 1 N–H and O–H groups in total. The second-order valence-electron chi connectivity index (χ2n) is 3.87. The van der Waals surface area contributed by atoms with Crippen LogP contribution in [0.1, 0.15) is 22.8 Å².